The Morgan fingerprint density at radius 1 is 1.00 bits per heavy atom. The summed E-state index contributed by atoms with van der Waals surface area (Å²) in [4.78, 5) is 0. The van der Waals surface area contributed by atoms with Crippen LogP contribution in [0.4, 0.5) is 0 Å². The van der Waals surface area contributed by atoms with Gasteiger partial charge in [-0.1, -0.05) is 0 Å². The Balaban J connectivity index is 0. The molecule has 0 aromatic heterocycles. The summed E-state index contributed by atoms with van der Waals surface area (Å²) in [6, 6.07) is 0. The van der Waals surface area contributed by atoms with E-state index in [1.165, 1.54) is 0 Å². The van der Waals surface area contributed by atoms with Gasteiger partial charge >= 0.3 is 88.7 Å². The Morgan fingerprint density at radius 3 is 1.00 bits per heavy atom. The van der Waals surface area contributed by atoms with Gasteiger partial charge in [0.05, 0.1) is 0 Å². The van der Waals surface area contributed by atoms with E-state index in [0.29, 0.717) is 0 Å². The van der Waals surface area contributed by atoms with Crippen molar-refractivity contribution in [2.75, 3.05) is 0 Å². The molecule has 0 bridgehead atoms. The van der Waals surface area contributed by atoms with Crippen LogP contribution >= 0.6 is 0 Å². The van der Waals surface area contributed by atoms with E-state index in [0.717, 1.165) is 0 Å². The number of hydrogen-bond donors (Lipinski definition) is 0. The van der Waals surface area contributed by atoms with Crippen molar-refractivity contribution >= 4 is 88.7 Å². The quantitative estimate of drug-likeness (QED) is 0.268. The van der Waals surface area contributed by atoms with Gasteiger partial charge in [-0.25, -0.2) is 0 Å². The molecule has 5 heteroatoms. The molecule has 5 heavy (non-hydrogen) atoms. The minimum atomic E-state index is 0. The summed E-state index contributed by atoms with van der Waals surface area (Å²) in [5.41, 5.74) is 0. The van der Waals surface area contributed by atoms with Crippen molar-refractivity contribution in [1.82, 2.24) is 0 Å². The van der Waals surface area contributed by atoms with E-state index in [4.69, 9.17) is 0 Å². The predicted octanol–water partition coefficient (Wildman–Crippen LogP) is -4.74. The Labute approximate surface area is 106 Å². The van der Waals surface area contributed by atoms with Crippen molar-refractivity contribution in [3.05, 3.63) is 0 Å². The molecule has 0 saturated heterocycles. The van der Waals surface area contributed by atoms with Gasteiger partial charge in [0, 0.05) is 19.5 Å². The summed E-state index contributed by atoms with van der Waals surface area (Å²) < 4.78 is 0. The fraction of sp³-hybridized carbons (Fsp3) is 0. The molecule has 0 rings (SSSR count). The van der Waals surface area contributed by atoms with E-state index in [2.05, 4.69) is 0 Å². The minimum Gasteiger partial charge on any atom is 0 e. The van der Waals surface area contributed by atoms with Crippen molar-refractivity contribution in [1.29, 1.82) is 0 Å². The van der Waals surface area contributed by atoms with Crippen LogP contribution in [0.1, 0.15) is 0 Å². The largest absolute Gasteiger partial charge is 0 e. The maximum absolute atomic E-state index is 0. The van der Waals surface area contributed by atoms with E-state index in [9.17, 15) is 0 Å². The Kier molecular flexibility index (Phi) is 201. The average molecular weight is 547 g/mol. The molecule has 0 aliphatic heterocycles. The molecule has 0 aliphatic carbocycles. The smallest absolute Gasteiger partial charge is 0 e. The number of hydrogen-bond acceptors (Lipinski definition) is 0. The van der Waals surface area contributed by atoms with Crippen molar-refractivity contribution in [2.24, 2.45) is 0 Å². The third-order valence-electron chi connectivity index (χ3n) is 0. The molecule has 0 aromatic rings. The van der Waals surface area contributed by atoms with Gasteiger partial charge in [-0.05, 0) is 0 Å². The first-order valence-corrected chi connectivity index (χ1v) is 0. The maximum atomic E-state index is 0. The van der Waals surface area contributed by atoms with Crippen molar-refractivity contribution in [3.8, 4) is 0 Å². The maximum Gasteiger partial charge on any atom is 0 e. The van der Waals surface area contributed by atoms with Crippen molar-refractivity contribution in [2.45, 2.75) is 0 Å². The van der Waals surface area contributed by atoms with Gasteiger partial charge in [0.1, 0.15) is 0 Å². The predicted molar refractivity (Wildman–Crippen MR) is 39.8 cm³/mol. The van der Waals surface area contributed by atoms with Gasteiger partial charge in [-0.2, -0.15) is 0 Å². The molecule has 0 heterocycles. The fourth-order valence-corrected chi connectivity index (χ4v) is 0. The molecule has 0 N–H and O–H groups in total. The molecule has 1 unspecified atom stereocenters. The molecule has 0 fully saturated rings. The summed E-state index contributed by atoms with van der Waals surface area (Å²) in [6.45, 7) is 0. The molecule has 0 saturated carbocycles. The first-order valence-electron chi connectivity index (χ1n) is 0. The SMILES string of the molecule is [AsH3].[GeH4].[InH3].[PbH2].[Zn]. The van der Waals surface area contributed by atoms with Crippen LogP contribution in [0.2, 0.25) is 0 Å². The molecule has 30 valence electrons. The second-order valence-corrected chi connectivity index (χ2v) is 0. The molecule has 1 atom stereocenters. The monoisotopic (exact) mass is 548 g/mol. The first-order chi connectivity index (χ1) is 0. The topological polar surface area (TPSA) is 0 Å². The van der Waals surface area contributed by atoms with Crippen LogP contribution in [0.5, 0.6) is 0 Å². The molecular formula is H12AsGeInPbZn. The Hall–Kier alpha value is 3.52. The van der Waals surface area contributed by atoms with Crippen LogP contribution in [0.15, 0.2) is 0 Å². The standard InChI is InChI=1S/AsH3.GeH4.In.Pb.Zn.5H/h1H3;1H4;;;;;;;;. The molecule has 0 nitrogen and oxygen atoms in total. The summed E-state index contributed by atoms with van der Waals surface area (Å²) in [7, 11) is 0. The van der Waals surface area contributed by atoms with Crippen LogP contribution < -0.4 is 0 Å². The summed E-state index contributed by atoms with van der Waals surface area (Å²) in [6.07, 6.45) is 0. The van der Waals surface area contributed by atoms with E-state index >= 15 is 0 Å². The van der Waals surface area contributed by atoms with Crippen LogP contribution in [0.3, 0.4) is 0 Å². The van der Waals surface area contributed by atoms with Crippen LogP contribution in [0.25, 0.3) is 0 Å². The van der Waals surface area contributed by atoms with E-state index in [-0.39, 0.29) is 108 Å². The zero-order chi connectivity index (χ0) is 0. The molecule has 0 spiro atoms. The van der Waals surface area contributed by atoms with Gasteiger partial charge < -0.3 is 0 Å². The fourth-order valence-electron chi connectivity index (χ4n) is 0. The summed E-state index contributed by atoms with van der Waals surface area (Å²) in [5, 5.41) is 0. The average Bonchev–Trinajstić information content (AvgIpc) is 0. The summed E-state index contributed by atoms with van der Waals surface area (Å²) >= 11 is 0. The van der Waals surface area contributed by atoms with Crippen LogP contribution in [-0.2, 0) is 19.5 Å². The molecule has 2 radical (unpaired) electrons. The van der Waals surface area contributed by atoms with E-state index in [1.807, 2.05) is 0 Å². The summed E-state index contributed by atoms with van der Waals surface area (Å²) in [5.74, 6) is 0. The van der Waals surface area contributed by atoms with Crippen molar-refractivity contribution in [3.63, 3.8) is 0 Å². The van der Waals surface area contributed by atoms with Gasteiger partial charge in [-0.3, -0.25) is 0 Å². The van der Waals surface area contributed by atoms with Gasteiger partial charge in [-0.15, -0.1) is 0 Å². The minimum absolute atomic E-state index is 0. The van der Waals surface area contributed by atoms with Crippen LogP contribution in [-0.4, -0.2) is 88.7 Å². The van der Waals surface area contributed by atoms with Gasteiger partial charge in [0.2, 0.25) is 0 Å². The molecular weight excluding hydrogens is 535 g/mol. The van der Waals surface area contributed by atoms with Gasteiger partial charge in [0.25, 0.3) is 0 Å². The third kappa shape index (κ3) is 18.5. The third-order valence-corrected chi connectivity index (χ3v) is 0. The van der Waals surface area contributed by atoms with E-state index < -0.39 is 0 Å². The second kappa shape index (κ2) is 25.8. The molecule has 0 amide bonds. The zero-order valence-corrected chi connectivity index (χ0v) is 13.6. The zero-order valence-electron chi connectivity index (χ0n) is 2.12. The molecule has 0 aromatic carbocycles. The second-order valence-electron chi connectivity index (χ2n) is 0. The van der Waals surface area contributed by atoms with Crippen molar-refractivity contribution < 1.29 is 19.5 Å². The Bertz CT molecular complexity index is 11.6. The Morgan fingerprint density at radius 2 is 1.00 bits per heavy atom. The normalized spacial score (nSPS) is 0. The van der Waals surface area contributed by atoms with Crippen LogP contribution in [0, 0.1) is 0 Å². The molecule has 0 aliphatic rings. The van der Waals surface area contributed by atoms with Gasteiger partial charge in [0.15, 0.2) is 0 Å². The number of rotatable bonds is 0. The van der Waals surface area contributed by atoms with E-state index in [1.54, 1.807) is 0 Å². The first kappa shape index (κ1) is 38.9.